The Morgan fingerprint density at radius 3 is 2.68 bits per heavy atom. The van der Waals surface area contributed by atoms with Gasteiger partial charge in [0.2, 0.25) is 0 Å². The van der Waals surface area contributed by atoms with Crippen molar-refractivity contribution < 1.29 is 14.3 Å². The van der Waals surface area contributed by atoms with E-state index in [1.54, 1.807) is 35.8 Å². The Hall–Kier alpha value is -2.45. The van der Waals surface area contributed by atoms with Crippen molar-refractivity contribution in [3.05, 3.63) is 41.4 Å². The van der Waals surface area contributed by atoms with E-state index in [1.165, 1.54) is 30.6 Å². The van der Waals surface area contributed by atoms with Gasteiger partial charge >= 0.3 is 6.03 Å². The highest BCUT2D eigenvalue weighted by Gasteiger charge is 2.21. The van der Waals surface area contributed by atoms with Crippen molar-refractivity contribution in [3.63, 3.8) is 0 Å². The van der Waals surface area contributed by atoms with Crippen LogP contribution in [0.3, 0.4) is 0 Å². The van der Waals surface area contributed by atoms with Gasteiger partial charge in [-0.15, -0.1) is 11.3 Å². The molecule has 3 amide bonds. The lowest BCUT2D eigenvalue weighted by Gasteiger charge is -2.28. The molecule has 1 aliphatic carbocycles. The number of benzene rings is 1. The Morgan fingerprint density at radius 2 is 1.96 bits per heavy atom. The van der Waals surface area contributed by atoms with Crippen LogP contribution < -0.4 is 16.0 Å². The van der Waals surface area contributed by atoms with Crippen molar-refractivity contribution in [3.8, 4) is 0 Å². The first kappa shape index (κ1) is 20.3. The number of ether oxygens (including phenoxy) is 1. The summed E-state index contributed by atoms with van der Waals surface area (Å²) in [6.07, 6.45) is 6.77. The van der Waals surface area contributed by atoms with Crippen molar-refractivity contribution in [2.75, 3.05) is 23.8 Å². The molecule has 2 atom stereocenters. The van der Waals surface area contributed by atoms with Gasteiger partial charge in [0.25, 0.3) is 5.91 Å². The number of nitrogens with zero attached hydrogens (tertiary/aromatic N) is 1. The summed E-state index contributed by atoms with van der Waals surface area (Å²) >= 11 is 1.36. The molecule has 1 aromatic heterocycles. The van der Waals surface area contributed by atoms with Gasteiger partial charge in [-0.2, -0.15) is 0 Å². The molecule has 3 N–H and O–H groups in total. The minimum absolute atomic E-state index is 0.236. The van der Waals surface area contributed by atoms with Crippen LogP contribution in [0.2, 0.25) is 0 Å². The fraction of sp³-hybridized carbons (Fsp3) is 0.450. The molecule has 8 heteroatoms. The normalized spacial score (nSPS) is 19.0. The van der Waals surface area contributed by atoms with Gasteiger partial charge in [0.1, 0.15) is 0 Å². The molecule has 2 aromatic rings. The van der Waals surface area contributed by atoms with Gasteiger partial charge in [-0.3, -0.25) is 10.1 Å². The smallest absolute Gasteiger partial charge is 0.319 e. The second-order valence-electron chi connectivity index (χ2n) is 6.92. The maximum atomic E-state index is 12.1. The molecule has 0 aliphatic heterocycles. The molecule has 150 valence electrons. The summed E-state index contributed by atoms with van der Waals surface area (Å²) in [5, 5.41) is 10.6. The lowest BCUT2D eigenvalue weighted by Crippen LogP contribution is -2.34. The van der Waals surface area contributed by atoms with Crippen LogP contribution >= 0.6 is 11.3 Å². The van der Waals surface area contributed by atoms with Crippen LogP contribution in [0.15, 0.2) is 35.8 Å². The van der Waals surface area contributed by atoms with Crippen molar-refractivity contribution in [2.24, 2.45) is 5.92 Å². The van der Waals surface area contributed by atoms with E-state index in [2.05, 4.69) is 27.9 Å². The quantitative estimate of drug-likeness (QED) is 0.608. The number of rotatable bonds is 7. The molecule has 1 fully saturated rings. The van der Waals surface area contributed by atoms with E-state index in [4.69, 9.17) is 4.74 Å². The van der Waals surface area contributed by atoms with Gasteiger partial charge in [0.15, 0.2) is 5.13 Å². The molecule has 3 rings (SSSR count). The topological polar surface area (TPSA) is 92.4 Å². The summed E-state index contributed by atoms with van der Waals surface area (Å²) < 4.78 is 5.89. The number of hydrogen-bond acceptors (Lipinski definition) is 5. The van der Waals surface area contributed by atoms with E-state index in [1.807, 2.05) is 0 Å². The fourth-order valence-corrected chi connectivity index (χ4v) is 3.76. The molecule has 1 aliphatic rings. The van der Waals surface area contributed by atoms with Crippen molar-refractivity contribution in [1.29, 1.82) is 0 Å². The molecule has 28 heavy (non-hydrogen) atoms. The average molecular weight is 403 g/mol. The predicted molar refractivity (Wildman–Crippen MR) is 111 cm³/mol. The van der Waals surface area contributed by atoms with Gasteiger partial charge in [0, 0.05) is 29.4 Å². The first-order valence-electron chi connectivity index (χ1n) is 9.59. The molecule has 0 unspecified atom stereocenters. The van der Waals surface area contributed by atoms with Crippen LogP contribution in [0.25, 0.3) is 0 Å². The zero-order valence-electron chi connectivity index (χ0n) is 15.9. The van der Waals surface area contributed by atoms with Gasteiger partial charge < -0.3 is 15.4 Å². The second kappa shape index (κ2) is 10.2. The zero-order valence-corrected chi connectivity index (χ0v) is 16.8. The minimum atomic E-state index is -0.291. The van der Waals surface area contributed by atoms with Crippen LogP contribution in [-0.4, -0.2) is 36.2 Å². The highest BCUT2D eigenvalue weighted by atomic mass is 32.1. The van der Waals surface area contributed by atoms with Crippen LogP contribution in [0, 0.1) is 5.92 Å². The van der Waals surface area contributed by atoms with Crippen LogP contribution in [0.5, 0.6) is 0 Å². The summed E-state index contributed by atoms with van der Waals surface area (Å²) in [5.41, 5.74) is 1.11. The molecule has 1 saturated carbocycles. The van der Waals surface area contributed by atoms with E-state index >= 15 is 0 Å². The number of aromatic nitrogens is 1. The van der Waals surface area contributed by atoms with Gasteiger partial charge in [-0.25, -0.2) is 9.78 Å². The first-order chi connectivity index (χ1) is 13.6. The summed E-state index contributed by atoms with van der Waals surface area (Å²) in [5.74, 6) is 0.355. The molecular formula is C20H26N4O3S. The SMILES string of the molecule is C[C@H]1CCCC[C@H]1OCCNC(=O)Nc1ccc(C(=O)Nc2nccs2)cc1. The Balaban J connectivity index is 1.37. The Kier molecular flexibility index (Phi) is 7.39. The number of nitrogens with one attached hydrogen (secondary N) is 3. The van der Waals surface area contributed by atoms with Gasteiger partial charge in [0.05, 0.1) is 12.7 Å². The van der Waals surface area contributed by atoms with Crippen molar-refractivity contribution >= 4 is 34.1 Å². The first-order valence-corrected chi connectivity index (χ1v) is 10.5. The number of hydrogen-bond donors (Lipinski definition) is 3. The highest BCUT2D eigenvalue weighted by molar-refractivity contribution is 7.13. The summed E-state index contributed by atoms with van der Waals surface area (Å²) in [6.45, 7) is 3.20. The number of thiazole rings is 1. The highest BCUT2D eigenvalue weighted by Crippen LogP contribution is 2.26. The van der Waals surface area contributed by atoms with Crippen LogP contribution in [0.1, 0.15) is 43.0 Å². The summed E-state index contributed by atoms with van der Waals surface area (Å²) in [4.78, 5) is 28.1. The van der Waals surface area contributed by atoms with E-state index in [0.29, 0.717) is 41.6 Å². The van der Waals surface area contributed by atoms with E-state index in [0.717, 1.165) is 6.42 Å². The largest absolute Gasteiger partial charge is 0.376 e. The van der Waals surface area contributed by atoms with Crippen LogP contribution in [-0.2, 0) is 4.74 Å². The number of carbonyl (C=O) groups excluding carboxylic acids is 2. The third-order valence-electron chi connectivity index (χ3n) is 4.81. The van der Waals surface area contributed by atoms with E-state index in [-0.39, 0.29) is 11.9 Å². The maximum Gasteiger partial charge on any atom is 0.319 e. The number of anilines is 2. The van der Waals surface area contributed by atoms with E-state index in [9.17, 15) is 9.59 Å². The van der Waals surface area contributed by atoms with Crippen molar-refractivity contribution in [2.45, 2.75) is 38.7 Å². The average Bonchev–Trinajstić information content (AvgIpc) is 3.20. The molecule has 0 spiro atoms. The Morgan fingerprint density at radius 1 is 1.18 bits per heavy atom. The Bertz CT molecular complexity index is 764. The molecule has 0 radical (unpaired) electrons. The third-order valence-corrected chi connectivity index (χ3v) is 5.50. The number of amides is 3. The third kappa shape index (κ3) is 6.03. The molecular weight excluding hydrogens is 376 g/mol. The van der Waals surface area contributed by atoms with E-state index < -0.39 is 0 Å². The summed E-state index contributed by atoms with van der Waals surface area (Å²) in [6, 6.07) is 6.41. The zero-order chi connectivity index (χ0) is 19.8. The van der Waals surface area contributed by atoms with Crippen molar-refractivity contribution in [1.82, 2.24) is 10.3 Å². The summed E-state index contributed by atoms with van der Waals surface area (Å²) in [7, 11) is 0. The number of urea groups is 1. The Labute approximate surface area is 168 Å². The minimum Gasteiger partial charge on any atom is -0.376 e. The fourth-order valence-electron chi connectivity index (χ4n) is 3.24. The monoisotopic (exact) mass is 402 g/mol. The van der Waals surface area contributed by atoms with Gasteiger partial charge in [-0.05, 0) is 43.0 Å². The molecule has 1 heterocycles. The lowest BCUT2D eigenvalue weighted by molar-refractivity contribution is -0.00232. The molecule has 7 nitrogen and oxygen atoms in total. The predicted octanol–water partition coefficient (Wildman–Crippen LogP) is 4.11. The maximum absolute atomic E-state index is 12.1. The number of carbonyl (C=O) groups is 2. The second-order valence-corrected chi connectivity index (χ2v) is 7.82. The molecule has 0 bridgehead atoms. The standard InChI is InChI=1S/C20H26N4O3S/c1-14-4-2-3-5-17(14)27-12-10-21-19(26)23-16-8-6-15(7-9-16)18(25)24-20-22-11-13-28-20/h6-9,11,13-14,17H,2-5,10,12H2,1H3,(H2,21,23,26)(H,22,24,25)/t14-,17+/m0/s1. The molecule has 1 aromatic carbocycles. The lowest BCUT2D eigenvalue weighted by atomic mass is 9.88. The van der Waals surface area contributed by atoms with Crippen LogP contribution in [0.4, 0.5) is 15.6 Å². The van der Waals surface area contributed by atoms with Gasteiger partial charge in [-0.1, -0.05) is 19.8 Å². The molecule has 0 saturated heterocycles.